The Hall–Kier alpha value is -3.97. The van der Waals surface area contributed by atoms with Crippen LogP contribution in [0.1, 0.15) is 44.9 Å². The van der Waals surface area contributed by atoms with Gasteiger partial charge in [0.25, 0.3) is 11.8 Å². The van der Waals surface area contributed by atoms with E-state index in [1.807, 2.05) is 6.26 Å². The lowest BCUT2D eigenvalue weighted by molar-refractivity contribution is -0.351. The van der Waals surface area contributed by atoms with Crippen LogP contribution in [0.5, 0.6) is 0 Å². The minimum absolute atomic E-state index is 0.000422. The van der Waals surface area contributed by atoms with Gasteiger partial charge < -0.3 is 10.6 Å². The van der Waals surface area contributed by atoms with Crippen molar-refractivity contribution in [1.82, 2.24) is 40.3 Å². The van der Waals surface area contributed by atoms with E-state index in [1.165, 1.54) is 42.2 Å². The van der Waals surface area contributed by atoms with Crippen LogP contribution in [-0.4, -0.2) is 77.2 Å². The number of aromatic nitrogens is 7. The topological polar surface area (TPSA) is 133 Å². The number of thioether (sulfide) groups is 1. The standard InChI is InChI=1S/C26H22Cl2F7N9O2S/c1-12-7-14(27)8-16(21(45)37-13(2)11-47-3)19(12)38-22(46)18-9-15(40-44(18)20-17(28)5-4-6-36-20)10-43-41-23(39-42-43)24(29,25(30,31)32)26(33,34)35/h4-9,13H,10-11H2,1-3H3,(H,37,45)(H,38,46)/t13-/m0/s1. The molecule has 3 aromatic heterocycles. The molecule has 21 heteroatoms. The van der Waals surface area contributed by atoms with Crippen LogP contribution >= 0.6 is 35.0 Å². The lowest BCUT2D eigenvalue weighted by Crippen LogP contribution is -2.51. The molecule has 47 heavy (non-hydrogen) atoms. The SMILES string of the molecule is CSC[C@H](C)NC(=O)c1cc(Cl)cc(C)c1NC(=O)c1cc(Cn2nnc(C(F)(C(F)(F)F)C(F)(F)F)n2)nn1-c1ncccc1Cl. The molecular weight excluding hydrogens is 706 g/mol. The molecule has 252 valence electrons. The van der Waals surface area contributed by atoms with E-state index in [1.54, 1.807) is 13.8 Å². The van der Waals surface area contributed by atoms with Gasteiger partial charge in [0.2, 0.25) is 5.82 Å². The fourth-order valence-electron chi connectivity index (χ4n) is 4.23. The van der Waals surface area contributed by atoms with E-state index < -0.39 is 42.2 Å². The van der Waals surface area contributed by atoms with Crippen molar-refractivity contribution in [1.29, 1.82) is 0 Å². The molecule has 3 heterocycles. The molecule has 1 aromatic carbocycles. The molecule has 0 fully saturated rings. The van der Waals surface area contributed by atoms with Gasteiger partial charge in [-0.3, -0.25) is 9.59 Å². The van der Waals surface area contributed by atoms with Gasteiger partial charge in [-0.05, 0) is 61.2 Å². The number of hydrogen-bond donors (Lipinski definition) is 2. The van der Waals surface area contributed by atoms with Crippen molar-refractivity contribution in [3.8, 4) is 5.82 Å². The maximum Gasteiger partial charge on any atom is 0.439 e. The Balaban J connectivity index is 1.74. The van der Waals surface area contributed by atoms with E-state index in [4.69, 9.17) is 23.2 Å². The smallest absolute Gasteiger partial charge is 0.349 e. The highest BCUT2D eigenvalue weighted by atomic mass is 35.5. The summed E-state index contributed by atoms with van der Waals surface area (Å²) in [5.74, 6) is -3.21. The highest BCUT2D eigenvalue weighted by Crippen LogP contribution is 2.51. The molecular formula is C26H22Cl2F7N9O2S. The maximum atomic E-state index is 14.4. The highest BCUT2D eigenvalue weighted by molar-refractivity contribution is 7.98. The van der Waals surface area contributed by atoms with Gasteiger partial charge in [0, 0.05) is 23.0 Å². The van der Waals surface area contributed by atoms with E-state index in [0.29, 0.717) is 11.3 Å². The number of pyridine rings is 1. The molecule has 0 aliphatic carbocycles. The van der Waals surface area contributed by atoms with Crippen LogP contribution in [0.25, 0.3) is 5.82 Å². The highest BCUT2D eigenvalue weighted by Gasteiger charge is 2.76. The number of aryl methyl sites for hydroxylation is 1. The molecule has 4 rings (SSSR count). The van der Waals surface area contributed by atoms with Gasteiger partial charge in [-0.15, -0.1) is 10.2 Å². The normalized spacial score (nSPS) is 13.0. The summed E-state index contributed by atoms with van der Waals surface area (Å²) in [4.78, 5) is 31.2. The number of amides is 2. The number of carbonyl (C=O) groups excluding carboxylic acids is 2. The van der Waals surface area contributed by atoms with Crippen molar-refractivity contribution < 1.29 is 40.3 Å². The monoisotopic (exact) mass is 727 g/mol. The predicted molar refractivity (Wildman–Crippen MR) is 158 cm³/mol. The molecule has 0 radical (unpaired) electrons. The Labute approximate surface area is 275 Å². The summed E-state index contributed by atoms with van der Waals surface area (Å²) in [7, 11) is 0. The van der Waals surface area contributed by atoms with E-state index in [0.717, 1.165) is 10.7 Å². The first-order valence-corrected chi connectivity index (χ1v) is 15.2. The molecule has 1 atom stereocenters. The second-order valence-corrected chi connectivity index (χ2v) is 11.7. The van der Waals surface area contributed by atoms with E-state index in [9.17, 15) is 40.3 Å². The third kappa shape index (κ3) is 7.46. The van der Waals surface area contributed by atoms with Crippen molar-refractivity contribution in [2.24, 2.45) is 0 Å². The lowest BCUT2D eigenvalue weighted by atomic mass is 10.1. The van der Waals surface area contributed by atoms with Crippen molar-refractivity contribution in [3.05, 3.63) is 74.9 Å². The first kappa shape index (κ1) is 35.9. The molecule has 2 N–H and O–H groups in total. The minimum atomic E-state index is -6.45. The minimum Gasteiger partial charge on any atom is -0.349 e. The molecule has 0 bridgehead atoms. The second-order valence-electron chi connectivity index (χ2n) is 9.97. The number of benzene rings is 1. The predicted octanol–water partition coefficient (Wildman–Crippen LogP) is 5.94. The van der Waals surface area contributed by atoms with Crippen LogP contribution in [-0.2, 0) is 12.2 Å². The van der Waals surface area contributed by atoms with Crippen LogP contribution in [0.3, 0.4) is 0 Å². The zero-order chi connectivity index (χ0) is 34.9. The van der Waals surface area contributed by atoms with Crippen LogP contribution in [0.2, 0.25) is 10.0 Å². The Morgan fingerprint density at radius 3 is 2.32 bits per heavy atom. The Morgan fingerprint density at radius 2 is 1.70 bits per heavy atom. The molecule has 11 nitrogen and oxygen atoms in total. The summed E-state index contributed by atoms with van der Waals surface area (Å²) in [5, 5.41) is 18.6. The van der Waals surface area contributed by atoms with Crippen LogP contribution < -0.4 is 10.6 Å². The van der Waals surface area contributed by atoms with Gasteiger partial charge in [-0.2, -0.15) is 48.0 Å². The second kappa shape index (κ2) is 13.6. The number of tetrazole rings is 1. The lowest BCUT2D eigenvalue weighted by Gasteiger charge is -2.26. The number of carbonyl (C=O) groups is 2. The molecule has 0 aliphatic heterocycles. The number of rotatable bonds is 10. The van der Waals surface area contributed by atoms with Crippen LogP contribution in [0.15, 0.2) is 36.5 Å². The third-order valence-corrected chi connectivity index (χ3v) is 7.70. The van der Waals surface area contributed by atoms with Gasteiger partial charge in [-0.25, -0.2) is 14.1 Å². The Bertz CT molecular complexity index is 1780. The summed E-state index contributed by atoms with van der Waals surface area (Å²) in [5.41, 5.74) is -5.89. The van der Waals surface area contributed by atoms with E-state index >= 15 is 0 Å². The first-order valence-electron chi connectivity index (χ1n) is 13.1. The summed E-state index contributed by atoms with van der Waals surface area (Å²) < 4.78 is 94.4. The third-order valence-electron chi connectivity index (χ3n) is 6.36. The van der Waals surface area contributed by atoms with Crippen LogP contribution in [0, 0.1) is 6.92 Å². The first-order chi connectivity index (χ1) is 21.9. The largest absolute Gasteiger partial charge is 0.439 e. The Morgan fingerprint density at radius 1 is 1.02 bits per heavy atom. The fraction of sp³-hybridized carbons (Fsp3) is 0.346. The number of nitrogens with one attached hydrogen (secondary N) is 2. The van der Waals surface area contributed by atoms with Gasteiger partial charge in [0.1, 0.15) is 12.2 Å². The van der Waals surface area contributed by atoms with Crippen molar-refractivity contribution >= 4 is 52.5 Å². The van der Waals surface area contributed by atoms with Gasteiger partial charge in [-0.1, -0.05) is 23.2 Å². The summed E-state index contributed by atoms with van der Waals surface area (Å²) >= 11 is 14.0. The molecule has 0 saturated carbocycles. The zero-order valence-electron chi connectivity index (χ0n) is 24.2. The Kier molecular flexibility index (Phi) is 10.4. The van der Waals surface area contributed by atoms with Gasteiger partial charge >= 0.3 is 18.0 Å². The molecule has 0 aliphatic rings. The van der Waals surface area contributed by atoms with Crippen molar-refractivity contribution in [2.45, 2.75) is 44.5 Å². The molecule has 2 amide bonds. The zero-order valence-corrected chi connectivity index (χ0v) is 26.5. The van der Waals surface area contributed by atoms with Gasteiger partial charge in [0.05, 0.1) is 22.0 Å². The average molecular weight is 728 g/mol. The van der Waals surface area contributed by atoms with E-state index in [2.05, 4.69) is 36.1 Å². The molecule has 0 spiro atoms. The van der Waals surface area contributed by atoms with Crippen LogP contribution in [0.4, 0.5) is 36.4 Å². The van der Waals surface area contributed by atoms with E-state index in [-0.39, 0.29) is 49.3 Å². The number of hydrogen-bond acceptors (Lipinski definition) is 8. The molecule has 0 saturated heterocycles. The molecule has 0 unspecified atom stereocenters. The van der Waals surface area contributed by atoms with Crippen molar-refractivity contribution in [3.63, 3.8) is 0 Å². The fourth-order valence-corrected chi connectivity index (χ4v) is 5.29. The quantitative estimate of drug-likeness (QED) is 0.192. The van der Waals surface area contributed by atoms with Crippen molar-refractivity contribution in [2.75, 3.05) is 17.3 Å². The number of alkyl halides is 7. The summed E-state index contributed by atoms with van der Waals surface area (Å²) in [6.07, 6.45) is -9.74. The van der Waals surface area contributed by atoms with Gasteiger partial charge in [0.15, 0.2) is 5.82 Å². The number of halogens is 9. The number of anilines is 1. The summed E-state index contributed by atoms with van der Waals surface area (Å²) in [6, 6.07) is 6.58. The molecule has 4 aromatic rings. The number of nitrogens with zero attached hydrogens (tertiary/aromatic N) is 7. The average Bonchev–Trinajstić information content (AvgIpc) is 3.60. The summed E-state index contributed by atoms with van der Waals surface area (Å²) in [6.45, 7) is 2.60. The maximum absolute atomic E-state index is 14.4.